The van der Waals surface area contributed by atoms with E-state index < -0.39 is 47.4 Å². The van der Waals surface area contributed by atoms with Crippen LogP contribution in [0.4, 0.5) is 16.0 Å². The Labute approximate surface area is 203 Å². The minimum absolute atomic E-state index is 0.102. The first-order chi connectivity index (χ1) is 17.2. The number of hydrogen-bond donors (Lipinski definition) is 1. The molecule has 2 saturated heterocycles. The molecule has 1 unspecified atom stereocenters. The summed E-state index contributed by atoms with van der Waals surface area (Å²) in [5, 5.41) is 6.60. The molecule has 0 radical (unpaired) electrons. The molecule has 12 heteroatoms. The Morgan fingerprint density at radius 3 is 2.86 bits per heavy atom. The van der Waals surface area contributed by atoms with Crippen molar-refractivity contribution in [2.24, 2.45) is 5.41 Å². The van der Waals surface area contributed by atoms with Gasteiger partial charge in [0, 0.05) is 12.6 Å². The Kier molecular flexibility index (Phi) is 4.71. The molecule has 11 nitrogen and oxygen atoms in total. The van der Waals surface area contributed by atoms with Crippen molar-refractivity contribution < 1.29 is 28.0 Å². The second kappa shape index (κ2) is 7.63. The van der Waals surface area contributed by atoms with Crippen molar-refractivity contribution >= 4 is 40.2 Å². The molecule has 0 saturated carbocycles. The molecule has 1 aromatic carbocycles. The number of morpholine rings is 1. The average molecular weight is 490 g/mol. The number of hydrogen-bond acceptors (Lipinski definition) is 9. The molecule has 3 aromatic rings. The van der Waals surface area contributed by atoms with E-state index in [1.807, 2.05) is 6.92 Å². The molecule has 0 aliphatic carbocycles. The van der Waals surface area contributed by atoms with Gasteiger partial charge in [-0.3, -0.25) is 19.7 Å². The van der Waals surface area contributed by atoms with Crippen LogP contribution in [0.3, 0.4) is 0 Å². The number of benzene rings is 1. The van der Waals surface area contributed by atoms with E-state index in [4.69, 9.17) is 15.8 Å². The number of halogens is 1. The molecule has 2 amide bonds. The highest BCUT2D eigenvalue weighted by molar-refractivity contribution is 6.22. The monoisotopic (exact) mass is 490 g/mol. The largest absolute Gasteiger partial charge is 0.394 e. The van der Waals surface area contributed by atoms with Gasteiger partial charge in [0.15, 0.2) is 23.0 Å². The van der Waals surface area contributed by atoms with Gasteiger partial charge in [0.25, 0.3) is 0 Å². The molecule has 36 heavy (non-hydrogen) atoms. The lowest BCUT2D eigenvalue weighted by Gasteiger charge is -2.55. The van der Waals surface area contributed by atoms with Gasteiger partial charge >= 0.3 is 5.95 Å². The van der Waals surface area contributed by atoms with Gasteiger partial charge < -0.3 is 19.0 Å². The molecule has 4 atom stereocenters. The highest BCUT2D eigenvalue weighted by atomic mass is 19.1. The van der Waals surface area contributed by atoms with Crippen molar-refractivity contribution in [2.45, 2.75) is 44.9 Å². The zero-order valence-electron chi connectivity index (χ0n) is 19.2. The van der Waals surface area contributed by atoms with E-state index in [2.05, 4.69) is 25.3 Å². The van der Waals surface area contributed by atoms with Gasteiger partial charge in [-0.05, 0) is 31.9 Å². The highest BCUT2D eigenvalue weighted by Gasteiger charge is 2.62. The summed E-state index contributed by atoms with van der Waals surface area (Å²) < 4.78 is 27.5. The number of carbonyl (C=O) groups excluding carboxylic acids is 3. The van der Waals surface area contributed by atoms with Crippen molar-refractivity contribution in [3.05, 3.63) is 41.1 Å². The van der Waals surface area contributed by atoms with Crippen molar-refractivity contribution in [3.63, 3.8) is 0 Å². The number of nitrogens with one attached hydrogen (secondary N) is 1. The van der Waals surface area contributed by atoms with Crippen molar-refractivity contribution in [2.75, 3.05) is 11.4 Å². The minimum atomic E-state index is -1.63. The number of nitrogens with zero attached hydrogens (tertiary/aromatic N) is 5. The van der Waals surface area contributed by atoms with E-state index >= 15 is 4.39 Å². The van der Waals surface area contributed by atoms with Crippen molar-refractivity contribution in [1.82, 2.24) is 20.4 Å². The number of piperidine rings is 1. The summed E-state index contributed by atoms with van der Waals surface area (Å²) in [4.78, 5) is 51.6. The molecule has 6 rings (SSSR count). The second-order valence-corrected chi connectivity index (χ2v) is 9.33. The average Bonchev–Trinajstić information content (AvgIpc) is 3.26. The second-order valence-electron chi connectivity index (χ2n) is 9.33. The zero-order valence-corrected chi connectivity index (χ0v) is 19.2. The minimum Gasteiger partial charge on any atom is -0.394 e. The van der Waals surface area contributed by atoms with Crippen LogP contribution in [0.5, 0.6) is 0 Å². The maximum Gasteiger partial charge on any atom is 0.372 e. The molecule has 2 fully saturated rings. The Morgan fingerprint density at radius 2 is 2.11 bits per heavy atom. The molecule has 0 bridgehead atoms. The van der Waals surface area contributed by atoms with Crippen LogP contribution < -0.4 is 10.2 Å². The third-order valence-corrected chi connectivity index (χ3v) is 7.16. The number of amides is 2. The molecule has 1 N–H and O–H groups in total. The Morgan fingerprint density at radius 1 is 1.31 bits per heavy atom. The number of aromatic nitrogens is 3. The van der Waals surface area contributed by atoms with Gasteiger partial charge in [0.1, 0.15) is 5.41 Å². The molecule has 1 spiro atoms. The summed E-state index contributed by atoms with van der Waals surface area (Å²) in [5.74, 6) is -2.67. The summed E-state index contributed by atoms with van der Waals surface area (Å²) in [6.07, 6.45) is -0.0901. The fourth-order valence-electron chi connectivity index (χ4n) is 5.87. The van der Waals surface area contributed by atoms with Crippen molar-refractivity contribution in [1.29, 1.82) is 0 Å². The summed E-state index contributed by atoms with van der Waals surface area (Å²) in [7, 11) is 0. The highest BCUT2D eigenvalue weighted by Crippen LogP contribution is 2.50. The fourth-order valence-corrected chi connectivity index (χ4v) is 5.87. The number of ketones is 1. The van der Waals surface area contributed by atoms with Crippen LogP contribution in [0, 0.1) is 17.8 Å². The van der Waals surface area contributed by atoms with Gasteiger partial charge in [-0.2, -0.15) is 4.98 Å². The Bertz CT molecular complexity index is 1510. The van der Waals surface area contributed by atoms with E-state index in [0.717, 1.165) is 0 Å². The maximum atomic E-state index is 16.1. The lowest BCUT2D eigenvalue weighted by molar-refractivity contribution is -0.158. The quantitative estimate of drug-likeness (QED) is 0.309. The first-order valence-electron chi connectivity index (χ1n) is 11.4. The summed E-state index contributed by atoms with van der Waals surface area (Å²) in [6.45, 7) is 10.9. The third kappa shape index (κ3) is 2.92. The normalized spacial score (nSPS) is 27.6. The van der Waals surface area contributed by atoms with E-state index in [9.17, 15) is 14.4 Å². The summed E-state index contributed by atoms with van der Waals surface area (Å²) in [5.41, 5.74) is -0.659. The number of rotatable bonds is 1. The van der Waals surface area contributed by atoms with E-state index in [1.54, 1.807) is 17.9 Å². The molecular weight excluding hydrogens is 471 g/mol. The van der Waals surface area contributed by atoms with Gasteiger partial charge in [0.2, 0.25) is 17.4 Å². The molecule has 182 valence electrons. The Hall–Kier alpha value is -4.24. The van der Waals surface area contributed by atoms with Crippen LogP contribution in [0.2, 0.25) is 0 Å². The van der Waals surface area contributed by atoms with E-state index in [1.165, 1.54) is 12.3 Å². The number of Topliss-reactive ketones (excluding diaryl/α,β-unsaturated/α-hetero) is 1. The topological polar surface area (TPSA) is 132 Å². The SMILES string of the molecule is [C-]#[N+]c1nccc(-c2noc3c(F)c4c(cc23)CC2(C(=O)CC(=O)NC2=O)[C@H]2[C@H](C)O[C@H](C)CN42)n1. The van der Waals surface area contributed by atoms with Crippen molar-refractivity contribution in [3.8, 4) is 11.4 Å². The number of carbonyl (C=O) groups is 3. The first kappa shape index (κ1) is 22.2. The fraction of sp³-hybridized carbons (Fsp3) is 0.375. The van der Waals surface area contributed by atoms with Gasteiger partial charge in [0.05, 0.1) is 41.9 Å². The number of anilines is 1. The van der Waals surface area contributed by atoms with Crippen LogP contribution in [-0.4, -0.2) is 57.5 Å². The van der Waals surface area contributed by atoms with E-state index in [-0.39, 0.29) is 53.1 Å². The molecule has 5 heterocycles. The van der Waals surface area contributed by atoms with Crippen LogP contribution in [0.25, 0.3) is 27.2 Å². The summed E-state index contributed by atoms with van der Waals surface area (Å²) in [6, 6.07) is 2.34. The summed E-state index contributed by atoms with van der Waals surface area (Å²) >= 11 is 0. The van der Waals surface area contributed by atoms with Gasteiger partial charge in [-0.1, -0.05) is 5.16 Å². The zero-order chi connectivity index (χ0) is 25.4. The molecule has 3 aliphatic rings. The number of imide groups is 1. The molecule has 3 aliphatic heterocycles. The van der Waals surface area contributed by atoms with Gasteiger partial charge in [-0.25, -0.2) is 4.39 Å². The number of fused-ring (bicyclic) bond motifs is 5. The smallest absolute Gasteiger partial charge is 0.372 e. The third-order valence-electron chi connectivity index (χ3n) is 7.16. The standard InChI is InChI=1S/C24H19FN6O5/c1-10-9-31-19-12(8-24(21(31)11(2)35-10)15(32)7-16(33)29-22(24)34)6-13-18(30-36-20(13)17(19)25)14-4-5-27-23(26-3)28-14/h4-6,10-11,21H,7-9H2,1-2H3,(H,29,33,34)/t10-,11+,21-,24?/m1/s1. The van der Waals surface area contributed by atoms with E-state index in [0.29, 0.717) is 5.56 Å². The van der Waals surface area contributed by atoms with Crippen LogP contribution in [-0.2, 0) is 25.5 Å². The number of ether oxygens (including phenoxy) is 1. The van der Waals surface area contributed by atoms with Crippen LogP contribution >= 0.6 is 0 Å². The molecule has 2 aromatic heterocycles. The van der Waals surface area contributed by atoms with Gasteiger partial charge in [-0.15, -0.1) is 11.6 Å². The molecular formula is C24H19FN6O5. The predicted molar refractivity (Wildman–Crippen MR) is 121 cm³/mol. The first-order valence-corrected chi connectivity index (χ1v) is 11.4. The lowest BCUT2D eigenvalue weighted by atomic mass is 9.63. The van der Waals surface area contributed by atoms with Crippen LogP contribution in [0.1, 0.15) is 25.8 Å². The van der Waals surface area contributed by atoms with Crippen LogP contribution in [0.15, 0.2) is 22.9 Å². The maximum absolute atomic E-state index is 16.1. The lowest BCUT2D eigenvalue weighted by Crippen LogP contribution is -2.72. The predicted octanol–water partition coefficient (Wildman–Crippen LogP) is 2.11. The Balaban J connectivity index is 1.60.